The van der Waals surface area contributed by atoms with E-state index in [1.807, 2.05) is 0 Å². The first kappa shape index (κ1) is 9.05. The lowest BCUT2D eigenvalue weighted by Gasteiger charge is -2.31. The average Bonchev–Trinajstić information content (AvgIpc) is 2.04. The van der Waals surface area contributed by atoms with Crippen molar-refractivity contribution in [2.24, 2.45) is 11.8 Å². The minimum Gasteiger partial charge on any atom is -0.393 e. The van der Waals surface area contributed by atoms with E-state index >= 15 is 0 Å². The van der Waals surface area contributed by atoms with Gasteiger partial charge in [0, 0.05) is 0 Å². The summed E-state index contributed by atoms with van der Waals surface area (Å²) in [6.45, 7) is 4.48. The average molecular weight is 156 g/mol. The van der Waals surface area contributed by atoms with Crippen LogP contribution in [0.15, 0.2) is 0 Å². The molecule has 11 heavy (non-hydrogen) atoms. The molecule has 0 saturated heterocycles. The maximum Gasteiger partial charge on any atom is 0.0570 e. The molecular formula is C10H20O. The largest absolute Gasteiger partial charge is 0.393 e. The van der Waals surface area contributed by atoms with Gasteiger partial charge in [-0.05, 0) is 24.7 Å². The lowest BCUT2D eigenvalue weighted by atomic mass is 9.78. The Morgan fingerprint density at radius 1 is 1.36 bits per heavy atom. The van der Waals surface area contributed by atoms with Gasteiger partial charge in [-0.3, -0.25) is 0 Å². The second-order valence-electron chi connectivity index (χ2n) is 3.90. The lowest BCUT2D eigenvalue weighted by Crippen LogP contribution is -2.29. The molecule has 1 saturated carbocycles. The minimum atomic E-state index is -0.00120. The van der Waals surface area contributed by atoms with Gasteiger partial charge < -0.3 is 5.11 Å². The Morgan fingerprint density at radius 2 is 2.00 bits per heavy atom. The molecule has 66 valence electrons. The van der Waals surface area contributed by atoms with Crippen LogP contribution in [0.1, 0.15) is 46.0 Å². The SMILES string of the molecule is CCC(C)C1CCCC[C@@H]1O. The molecule has 0 aliphatic heterocycles. The first-order chi connectivity index (χ1) is 5.25. The van der Waals surface area contributed by atoms with Crippen molar-refractivity contribution < 1.29 is 5.11 Å². The summed E-state index contributed by atoms with van der Waals surface area (Å²) < 4.78 is 0. The number of hydrogen-bond acceptors (Lipinski definition) is 1. The van der Waals surface area contributed by atoms with Crippen molar-refractivity contribution in [2.75, 3.05) is 0 Å². The smallest absolute Gasteiger partial charge is 0.0570 e. The zero-order valence-corrected chi connectivity index (χ0v) is 7.71. The van der Waals surface area contributed by atoms with Gasteiger partial charge in [-0.2, -0.15) is 0 Å². The maximum atomic E-state index is 9.67. The molecule has 1 aliphatic rings. The van der Waals surface area contributed by atoms with Crippen molar-refractivity contribution in [2.45, 2.75) is 52.1 Å². The van der Waals surface area contributed by atoms with Crippen molar-refractivity contribution >= 4 is 0 Å². The monoisotopic (exact) mass is 156 g/mol. The molecule has 2 unspecified atom stereocenters. The van der Waals surface area contributed by atoms with Crippen LogP contribution in [-0.2, 0) is 0 Å². The van der Waals surface area contributed by atoms with Gasteiger partial charge in [0.15, 0.2) is 0 Å². The third-order valence-corrected chi connectivity index (χ3v) is 3.16. The first-order valence-corrected chi connectivity index (χ1v) is 4.93. The minimum absolute atomic E-state index is 0.00120. The van der Waals surface area contributed by atoms with Crippen molar-refractivity contribution in [1.29, 1.82) is 0 Å². The number of rotatable bonds is 2. The van der Waals surface area contributed by atoms with E-state index in [1.165, 1.54) is 25.7 Å². The Labute approximate surface area is 69.8 Å². The fourth-order valence-electron chi connectivity index (χ4n) is 2.11. The van der Waals surface area contributed by atoms with E-state index in [9.17, 15) is 5.11 Å². The van der Waals surface area contributed by atoms with Crippen molar-refractivity contribution in [3.63, 3.8) is 0 Å². The summed E-state index contributed by atoms with van der Waals surface area (Å²) in [5.74, 6) is 1.30. The van der Waals surface area contributed by atoms with E-state index < -0.39 is 0 Å². The summed E-state index contributed by atoms with van der Waals surface area (Å²) in [4.78, 5) is 0. The molecule has 3 atom stereocenters. The van der Waals surface area contributed by atoms with Crippen LogP contribution in [0.25, 0.3) is 0 Å². The Balaban J connectivity index is 2.40. The molecular weight excluding hydrogens is 136 g/mol. The number of aliphatic hydroxyl groups is 1. The van der Waals surface area contributed by atoms with E-state index in [0.717, 1.165) is 6.42 Å². The molecule has 1 N–H and O–H groups in total. The molecule has 0 spiro atoms. The molecule has 0 amide bonds. The molecule has 1 heteroatoms. The topological polar surface area (TPSA) is 20.2 Å². The molecule has 1 rings (SSSR count). The predicted molar refractivity (Wildman–Crippen MR) is 47.4 cm³/mol. The van der Waals surface area contributed by atoms with Crippen LogP contribution >= 0.6 is 0 Å². The third-order valence-electron chi connectivity index (χ3n) is 3.16. The van der Waals surface area contributed by atoms with Crippen LogP contribution in [0.5, 0.6) is 0 Å². The molecule has 0 aromatic rings. The van der Waals surface area contributed by atoms with E-state index in [-0.39, 0.29) is 6.10 Å². The number of aliphatic hydroxyl groups excluding tert-OH is 1. The lowest BCUT2D eigenvalue weighted by molar-refractivity contribution is 0.0402. The second kappa shape index (κ2) is 4.10. The third kappa shape index (κ3) is 2.19. The van der Waals surface area contributed by atoms with E-state index in [2.05, 4.69) is 13.8 Å². The van der Waals surface area contributed by atoms with Crippen LogP contribution in [0, 0.1) is 11.8 Å². The van der Waals surface area contributed by atoms with Gasteiger partial charge in [0.05, 0.1) is 6.10 Å². The van der Waals surface area contributed by atoms with Gasteiger partial charge in [-0.25, -0.2) is 0 Å². The van der Waals surface area contributed by atoms with E-state index in [4.69, 9.17) is 0 Å². The zero-order chi connectivity index (χ0) is 8.27. The molecule has 1 nitrogen and oxygen atoms in total. The molecule has 1 fully saturated rings. The standard InChI is InChI=1S/C10H20O/c1-3-8(2)9-6-4-5-7-10(9)11/h8-11H,3-7H2,1-2H3/t8?,9?,10-/m0/s1. The Hall–Kier alpha value is -0.0400. The zero-order valence-electron chi connectivity index (χ0n) is 7.71. The first-order valence-electron chi connectivity index (χ1n) is 4.93. The predicted octanol–water partition coefficient (Wildman–Crippen LogP) is 2.58. The van der Waals surface area contributed by atoms with Crippen LogP contribution in [0.2, 0.25) is 0 Å². The fourth-order valence-corrected chi connectivity index (χ4v) is 2.11. The highest BCUT2D eigenvalue weighted by Gasteiger charge is 2.26. The van der Waals surface area contributed by atoms with Crippen molar-refractivity contribution in [1.82, 2.24) is 0 Å². The molecule has 0 radical (unpaired) electrons. The second-order valence-corrected chi connectivity index (χ2v) is 3.90. The van der Waals surface area contributed by atoms with E-state index in [1.54, 1.807) is 0 Å². The van der Waals surface area contributed by atoms with Crippen LogP contribution in [-0.4, -0.2) is 11.2 Å². The van der Waals surface area contributed by atoms with Crippen LogP contribution in [0.3, 0.4) is 0 Å². The molecule has 0 aromatic heterocycles. The van der Waals surface area contributed by atoms with Gasteiger partial charge in [0.25, 0.3) is 0 Å². The van der Waals surface area contributed by atoms with Crippen LogP contribution in [0.4, 0.5) is 0 Å². The molecule has 1 aliphatic carbocycles. The Morgan fingerprint density at radius 3 is 2.55 bits per heavy atom. The quantitative estimate of drug-likeness (QED) is 0.651. The summed E-state index contributed by atoms with van der Waals surface area (Å²) in [6.07, 6.45) is 6.05. The summed E-state index contributed by atoms with van der Waals surface area (Å²) in [6, 6.07) is 0. The molecule has 0 aromatic carbocycles. The van der Waals surface area contributed by atoms with Gasteiger partial charge >= 0.3 is 0 Å². The Kier molecular flexibility index (Phi) is 3.38. The van der Waals surface area contributed by atoms with Gasteiger partial charge in [-0.15, -0.1) is 0 Å². The summed E-state index contributed by atoms with van der Waals surface area (Å²) in [5, 5.41) is 9.67. The highest BCUT2D eigenvalue weighted by atomic mass is 16.3. The fraction of sp³-hybridized carbons (Fsp3) is 1.00. The Bertz CT molecular complexity index is 107. The molecule has 0 heterocycles. The summed E-state index contributed by atoms with van der Waals surface area (Å²) >= 11 is 0. The normalized spacial score (nSPS) is 35.2. The summed E-state index contributed by atoms with van der Waals surface area (Å²) in [5.41, 5.74) is 0. The summed E-state index contributed by atoms with van der Waals surface area (Å²) in [7, 11) is 0. The van der Waals surface area contributed by atoms with Gasteiger partial charge in [0.1, 0.15) is 0 Å². The van der Waals surface area contributed by atoms with E-state index in [0.29, 0.717) is 11.8 Å². The van der Waals surface area contributed by atoms with Gasteiger partial charge in [0.2, 0.25) is 0 Å². The van der Waals surface area contributed by atoms with Crippen LogP contribution < -0.4 is 0 Å². The number of hydrogen-bond donors (Lipinski definition) is 1. The van der Waals surface area contributed by atoms with Crippen molar-refractivity contribution in [3.05, 3.63) is 0 Å². The van der Waals surface area contributed by atoms with Gasteiger partial charge in [-0.1, -0.05) is 33.1 Å². The van der Waals surface area contributed by atoms with Crippen molar-refractivity contribution in [3.8, 4) is 0 Å². The highest BCUT2D eigenvalue weighted by Crippen LogP contribution is 2.31. The maximum absolute atomic E-state index is 9.67. The molecule has 0 bridgehead atoms. The highest BCUT2D eigenvalue weighted by molar-refractivity contribution is 4.77.